The summed E-state index contributed by atoms with van der Waals surface area (Å²) in [7, 11) is 6.34. The summed E-state index contributed by atoms with van der Waals surface area (Å²) in [6.07, 6.45) is 3.60. The van der Waals surface area contributed by atoms with Gasteiger partial charge >= 0.3 is 0 Å². The minimum absolute atomic E-state index is 0. The Labute approximate surface area is 210 Å². The van der Waals surface area contributed by atoms with E-state index in [1.54, 1.807) is 12.1 Å². The second-order valence-electron chi connectivity index (χ2n) is 7.81. The molecule has 3 aromatic rings. The van der Waals surface area contributed by atoms with Crippen LogP contribution in [0.4, 0.5) is 0 Å². The number of likely N-dealkylation sites (N-methyl/N-ethyl adjacent to an activating group) is 2. The average Bonchev–Trinajstić information content (AvgIpc) is 2.73. The lowest BCUT2D eigenvalue weighted by Gasteiger charge is -2.19. The van der Waals surface area contributed by atoms with Crippen molar-refractivity contribution >= 4 is 51.7 Å². The quantitative estimate of drug-likeness (QED) is 0.305. The Morgan fingerprint density at radius 3 is 2.34 bits per heavy atom. The van der Waals surface area contributed by atoms with E-state index in [2.05, 4.69) is 46.9 Å². The summed E-state index contributed by atoms with van der Waals surface area (Å²) in [5.41, 5.74) is 1.90. The maximum Gasteiger partial charge on any atom is 0.200 e. The Hall–Kier alpha value is -1.57. The van der Waals surface area contributed by atoms with Crippen LogP contribution in [-0.2, 0) is 0 Å². The first-order chi connectivity index (χ1) is 14.4. The molecule has 0 aliphatic rings. The maximum atomic E-state index is 12.9. The number of ether oxygens (including phenoxy) is 1. The van der Waals surface area contributed by atoms with Gasteiger partial charge in [0.1, 0.15) is 17.6 Å². The summed E-state index contributed by atoms with van der Waals surface area (Å²) in [5.74, 6) is 0.725. The van der Waals surface area contributed by atoms with Crippen LogP contribution in [0.3, 0.4) is 0 Å². The second kappa shape index (κ2) is 13.9. The van der Waals surface area contributed by atoms with Crippen molar-refractivity contribution in [3.8, 4) is 16.9 Å². The lowest BCUT2D eigenvalue weighted by Crippen LogP contribution is -2.29. The molecule has 0 N–H and O–H groups in total. The number of benzene rings is 2. The standard InChI is InChI=1S/C24H29BrN2O3.2ClH/c1-26(2)13-14-27(3)12-4-5-15-29-20-10-11-21-23(16-20)30-17-22(24(21)28)18-6-8-19(25)9-7-18;;/h6-11,16-17H,4-5,12-15H2,1-3H3;2*1H. The van der Waals surface area contributed by atoms with Crippen molar-refractivity contribution in [3.63, 3.8) is 0 Å². The van der Waals surface area contributed by atoms with Gasteiger partial charge in [-0.25, -0.2) is 0 Å². The van der Waals surface area contributed by atoms with Crippen molar-refractivity contribution in [2.24, 2.45) is 0 Å². The third kappa shape index (κ3) is 8.09. The third-order valence-corrected chi connectivity index (χ3v) is 5.56. The molecule has 0 saturated heterocycles. The third-order valence-electron chi connectivity index (χ3n) is 5.03. The zero-order chi connectivity index (χ0) is 21.5. The van der Waals surface area contributed by atoms with E-state index in [0.29, 0.717) is 23.1 Å². The van der Waals surface area contributed by atoms with Crippen LogP contribution in [-0.4, -0.2) is 57.2 Å². The highest BCUT2D eigenvalue weighted by molar-refractivity contribution is 9.10. The molecule has 32 heavy (non-hydrogen) atoms. The highest BCUT2D eigenvalue weighted by atomic mass is 79.9. The van der Waals surface area contributed by atoms with E-state index in [1.165, 1.54) is 6.26 Å². The largest absolute Gasteiger partial charge is 0.493 e. The molecule has 5 nitrogen and oxygen atoms in total. The topological polar surface area (TPSA) is 45.9 Å². The fourth-order valence-electron chi connectivity index (χ4n) is 3.18. The Bertz CT molecular complexity index is 1030. The molecule has 176 valence electrons. The number of hydrogen-bond donors (Lipinski definition) is 0. The van der Waals surface area contributed by atoms with Gasteiger partial charge in [0.05, 0.1) is 17.6 Å². The van der Waals surface area contributed by atoms with Gasteiger partial charge in [0.15, 0.2) is 5.43 Å². The van der Waals surface area contributed by atoms with Crippen molar-refractivity contribution in [3.05, 3.63) is 63.4 Å². The monoisotopic (exact) mass is 544 g/mol. The Morgan fingerprint density at radius 2 is 1.66 bits per heavy atom. The van der Waals surface area contributed by atoms with Crippen molar-refractivity contribution in [2.45, 2.75) is 12.8 Å². The van der Waals surface area contributed by atoms with Gasteiger partial charge in [0.25, 0.3) is 0 Å². The highest BCUT2D eigenvalue weighted by Gasteiger charge is 2.10. The molecule has 2 aromatic carbocycles. The Kier molecular flexibility index (Phi) is 12.3. The van der Waals surface area contributed by atoms with E-state index < -0.39 is 0 Å². The molecular formula is C24H31BrCl2N2O3. The Morgan fingerprint density at radius 1 is 0.938 bits per heavy atom. The lowest BCUT2D eigenvalue weighted by atomic mass is 10.1. The summed E-state index contributed by atoms with van der Waals surface area (Å²) in [4.78, 5) is 17.4. The average molecular weight is 546 g/mol. The van der Waals surface area contributed by atoms with Crippen LogP contribution in [0, 0.1) is 0 Å². The smallest absolute Gasteiger partial charge is 0.200 e. The van der Waals surface area contributed by atoms with E-state index in [0.717, 1.165) is 48.3 Å². The Balaban J connectivity index is 0.00000256. The van der Waals surface area contributed by atoms with Crippen LogP contribution in [0.1, 0.15) is 12.8 Å². The molecule has 0 fully saturated rings. The summed E-state index contributed by atoms with van der Waals surface area (Å²) in [5, 5.41) is 0.560. The minimum atomic E-state index is -0.0362. The van der Waals surface area contributed by atoms with Gasteiger partial charge in [0, 0.05) is 23.6 Å². The highest BCUT2D eigenvalue weighted by Crippen LogP contribution is 2.24. The number of fused-ring (bicyclic) bond motifs is 1. The van der Waals surface area contributed by atoms with Crippen LogP contribution in [0.5, 0.6) is 5.75 Å². The first kappa shape index (κ1) is 28.5. The van der Waals surface area contributed by atoms with Gasteiger partial charge < -0.3 is 19.0 Å². The van der Waals surface area contributed by atoms with E-state index in [-0.39, 0.29) is 30.2 Å². The van der Waals surface area contributed by atoms with E-state index in [1.807, 2.05) is 30.3 Å². The summed E-state index contributed by atoms with van der Waals surface area (Å²) < 4.78 is 12.6. The molecule has 8 heteroatoms. The molecule has 0 saturated carbocycles. The number of hydrogen-bond acceptors (Lipinski definition) is 5. The molecular weight excluding hydrogens is 515 g/mol. The van der Waals surface area contributed by atoms with Crippen LogP contribution in [0.15, 0.2) is 62.4 Å². The first-order valence-electron chi connectivity index (χ1n) is 10.2. The van der Waals surface area contributed by atoms with Gasteiger partial charge in [0.2, 0.25) is 0 Å². The van der Waals surface area contributed by atoms with Gasteiger partial charge in [-0.1, -0.05) is 28.1 Å². The summed E-state index contributed by atoms with van der Waals surface area (Å²) in [6.45, 7) is 3.84. The number of rotatable bonds is 10. The molecule has 0 unspecified atom stereocenters. The van der Waals surface area contributed by atoms with Crippen molar-refractivity contribution in [1.82, 2.24) is 9.80 Å². The van der Waals surface area contributed by atoms with Crippen LogP contribution < -0.4 is 10.2 Å². The normalized spacial score (nSPS) is 10.8. The van der Waals surface area contributed by atoms with Crippen LogP contribution in [0.25, 0.3) is 22.1 Å². The first-order valence-corrected chi connectivity index (χ1v) is 11.0. The molecule has 0 aliphatic carbocycles. The number of halogens is 3. The lowest BCUT2D eigenvalue weighted by molar-refractivity contribution is 0.259. The molecule has 1 heterocycles. The van der Waals surface area contributed by atoms with E-state index >= 15 is 0 Å². The fourth-order valence-corrected chi connectivity index (χ4v) is 3.45. The van der Waals surface area contributed by atoms with Gasteiger partial charge in [-0.05, 0) is 70.4 Å². The van der Waals surface area contributed by atoms with Crippen molar-refractivity contribution < 1.29 is 9.15 Å². The summed E-state index contributed by atoms with van der Waals surface area (Å²) in [6, 6.07) is 13.0. The zero-order valence-electron chi connectivity index (χ0n) is 18.7. The fraction of sp³-hybridized carbons (Fsp3) is 0.375. The predicted octanol–water partition coefficient (Wildman–Crippen LogP) is 5.72. The maximum absolute atomic E-state index is 12.9. The van der Waals surface area contributed by atoms with E-state index in [4.69, 9.17) is 9.15 Å². The molecule has 0 amide bonds. The van der Waals surface area contributed by atoms with Gasteiger partial charge in [-0.3, -0.25) is 4.79 Å². The second-order valence-corrected chi connectivity index (χ2v) is 8.72. The molecule has 1 aromatic heterocycles. The van der Waals surface area contributed by atoms with E-state index in [9.17, 15) is 4.79 Å². The molecule has 0 radical (unpaired) electrons. The summed E-state index contributed by atoms with van der Waals surface area (Å²) >= 11 is 3.41. The van der Waals surface area contributed by atoms with Crippen molar-refractivity contribution in [1.29, 1.82) is 0 Å². The van der Waals surface area contributed by atoms with Crippen molar-refractivity contribution in [2.75, 3.05) is 47.4 Å². The van der Waals surface area contributed by atoms with Gasteiger partial charge in [-0.15, -0.1) is 24.8 Å². The SMILES string of the molecule is CN(C)CCN(C)CCCCOc1ccc2c(=O)c(-c3ccc(Br)cc3)coc2c1.Cl.Cl. The predicted molar refractivity (Wildman–Crippen MR) is 141 cm³/mol. The van der Waals surface area contributed by atoms with Crippen LogP contribution >= 0.6 is 40.7 Å². The molecule has 0 spiro atoms. The number of unbranched alkanes of at least 4 members (excludes halogenated alkanes) is 1. The molecule has 0 bridgehead atoms. The van der Waals surface area contributed by atoms with Crippen LogP contribution in [0.2, 0.25) is 0 Å². The number of nitrogens with zero attached hydrogens (tertiary/aromatic N) is 2. The zero-order valence-corrected chi connectivity index (χ0v) is 21.9. The molecule has 0 atom stereocenters. The minimum Gasteiger partial charge on any atom is -0.493 e. The molecule has 3 rings (SSSR count). The van der Waals surface area contributed by atoms with Gasteiger partial charge in [-0.2, -0.15) is 0 Å². The molecule has 0 aliphatic heterocycles.